The summed E-state index contributed by atoms with van der Waals surface area (Å²) in [5.74, 6) is 0. The van der Waals surface area contributed by atoms with Gasteiger partial charge in [0, 0.05) is 5.56 Å². The first kappa shape index (κ1) is 16.1. The predicted octanol–water partition coefficient (Wildman–Crippen LogP) is 5.59. The highest BCUT2D eigenvalue weighted by Crippen LogP contribution is 2.35. The molecule has 0 unspecified atom stereocenters. The first-order valence-electron chi connectivity index (χ1n) is 7.17. The largest absolute Gasteiger partial charge is 0.416 e. The summed E-state index contributed by atoms with van der Waals surface area (Å²) in [6, 6.07) is 12.6. The second-order valence-electron chi connectivity index (χ2n) is 5.13. The van der Waals surface area contributed by atoms with Gasteiger partial charge in [0.1, 0.15) is 0 Å². The Morgan fingerprint density at radius 2 is 1.77 bits per heavy atom. The SMILES string of the molecule is CCCCc1ccccc1-c1cc(C(F)(F)F)ccc1C#N. The first-order chi connectivity index (χ1) is 10.5. The van der Waals surface area contributed by atoms with Gasteiger partial charge in [-0.3, -0.25) is 0 Å². The van der Waals surface area contributed by atoms with Crippen molar-refractivity contribution in [2.24, 2.45) is 0 Å². The number of aryl methyl sites for hydroxylation is 1. The van der Waals surface area contributed by atoms with Gasteiger partial charge in [-0.05, 0) is 42.2 Å². The van der Waals surface area contributed by atoms with Crippen molar-refractivity contribution >= 4 is 0 Å². The number of rotatable bonds is 4. The van der Waals surface area contributed by atoms with Gasteiger partial charge in [0.05, 0.1) is 17.2 Å². The van der Waals surface area contributed by atoms with Crippen molar-refractivity contribution in [2.45, 2.75) is 32.4 Å². The van der Waals surface area contributed by atoms with Crippen molar-refractivity contribution in [1.82, 2.24) is 0 Å². The Balaban J connectivity index is 2.59. The summed E-state index contributed by atoms with van der Waals surface area (Å²) < 4.78 is 38.8. The van der Waals surface area contributed by atoms with E-state index in [0.29, 0.717) is 11.1 Å². The highest BCUT2D eigenvalue weighted by atomic mass is 19.4. The van der Waals surface area contributed by atoms with Crippen molar-refractivity contribution in [3.05, 3.63) is 59.2 Å². The van der Waals surface area contributed by atoms with E-state index in [1.165, 1.54) is 6.07 Å². The van der Waals surface area contributed by atoms with Crippen LogP contribution in [0, 0.1) is 11.3 Å². The van der Waals surface area contributed by atoms with Gasteiger partial charge in [0.25, 0.3) is 0 Å². The molecule has 2 aromatic rings. The lowest BCUT2D eigenvalue weighted by molar-refractivity contribution is -0.137. The number of halogens is 3. The molecule has 0 saturated heterocycles. The second-order valence-corrected chi connectivity index (χ2v) is 5.13. The minimum absolute atomic E-state index is 0.261. The van der Waals surface area contributed by atoms with Crippen LogP contribution in [-0.4, -0.2) is 0 Å². The van der Waals surface area contributed by atoms with Gasteiger partial charge < -0.3 is 0 Å². The summed E-state index contributed by atoms with van der Waals surface area (Å²) in [7, 11) is 0. The number of nitriles is 1. The van der Waals surface area contributed by atoms with Crippen LogP contribution < -0.4 is 0 Å². The quantitative estimate of drug-likeness (QED) is 0.722. The minimum Gasteiger partial charge on any atom is -0.192 e. The van der Waals surface area contributed by atoms with Crippen LogP contribution in [0.3, 0.4) is 0 Å². The number of nitrogens with zero attached hydrogens (tertiary/aromatic N) is 1. The molecule has 0 atom stereocenters. The standard InChI is InChI=1S/C18H16F3N/c1-2-3-6-13-7-4-5-8-16(13)17-11-15(18(19,20)21)10-9-14(17)12-22/h4-5,7-11H,2-3,6H2,1H3. The summed E-state index contributed by atoms with van der Waals surface area (Å²) in [6.45, 7) is 2.06. The zero-order chi connectivity index (χ0) is 16.2. The third-order valence-corrected chi connectivity index (χ3v) is 3.57. The molecule has 0 amide bonds. The molecule has 0 aliphatic rings. The maximum Gasteiger partial charge on any atom is 0.416 e. The Kier molecular flexibility index (Phi) is 4.87. The van der Waals surface area contributed by atoms with E-state index in [-0.39, 0.29) is 5.56 Å². The van der Waals surface area contributed by atoms with Crippen LogP contribution in [0.1, 0.15) is 36.5 Å². The van der Waals surface area contributed by atoms with E-state index in [1.54, 1.807) is 12.1 Å². The minimum atomic E-state index is -4.42. The Labute approximate surface area is 128 Å². The number of unbranched alkanes of at least 4 members (excludes halogenated alkanes) is 1. The molecule has 22 heavy (non-hydrogen) atoms. The molecule has 0 bridgehead atoms. The van der Waals surface area contributed by atoms with Crippen LogP contribution >= 0.6 is 0 Å². The topological polar surface area (TPSA) is 23.8 Å². The molecule has 2 rings (SSSR count). The molecule has 0 spiro atoms. The van der Waals surface area contributed by atoms with E-state index in [2.05, 4.69) is 6.92 Å². The summed E-state index contributed by atoms with van der Waals surface area (Å²) >= 11 is 0. The van der Waals surface area contributed by atoms with E-state index in [0.717, 1.165) is 37.0 Å². The molecule has 0 radical (unpaired) electrons. The molecule has 4 heteroatoms. The Morgan fingerprint density at radius 1 is 1.05 bits per heavy atom. The molecule has 114 valence electrons. The van der Waals surface area contributed by atoms with Crippen molar-refractivity contribution in [2.75, 3.05) is 0 Å². The van der Waals surface area contributed by atoms with Gasteiger partial charge in [0.15, 0.2) is 0 Å². The van der Waals surface area contributed by atoms with Crippen LogP contribution in [0.5, 0.6) is 0 Å². The summed E-state index contributed by atoms with van der Waals surface area (Å²) in [5.41, 5.74) is 1.56. The summed E-state index contributed by atoms with van der Waals surface area (Å²) in [5, 5.41) is 9.21. The van der Waals surface area contributed by atoms with Crippen LogP contribution in [0.4, 0.5) is 13.2 Å². The molecule has 0 fully saturated rings. The van der Waals surface area contributed by atoms with Gasteiger partial charge in [-0.15, -0.1) is 0 Å². The average Bonchev–Trinajstić information content (AvgIpc) is 2.51. The molecule has 0 aromatic heterocycles. The fraction of sp³-hybridized carbons (Fsp3) is 0.278. The maximum absolute atomic E-state index is 12.9. The molecule has 0 N–H and O–H groups in total. The highest BCUT2D eigenvalue weighted by Gasteiger charge is 2.31. The number of hydrogen-bond acceptors (Lipinski definition) is 1. The summed E-state index contributed by atoms with van der Waals surface area (Å²) in [6.07, 6.45) is -1.67. The molecular formula is C18H16F3N. The second kappa shape index (κ2) is 6.65. The molecular weight excluding hydrogens is 287 g/mol. The Bertz CT molecular complexity index is 696. The first-order valence-corrected chi connectivity index (χ1v) is 7.17. The highest BCUT2D eigenvalue weighted by molar-refractivity contribution is 5.74. The fourth-order valence-electron chi connectivity index (χ4n) is 2.41. The zero-order valence-corrected chi connectivity index (χ0v) is 12.2. The number of benzene rings is 2. The monoisotopic (exact) mass is 303 g/mol. The van der Waals surface area contributed by atoms with E-state index < -0.39 is 11.7 Å². The van der Waals surface area contributed by atoms with Crippen molar-refractivity contribution in [3.8, 4) is 17.2 Å². The molecule has 0 aliphatic heterocycles. The summed E-state index contributed by atoms with van der Waals surface area (Å²) in [4.78, 5) is 0. The third kappa shape index (κ3) is 3.48. The molecule has 0 saturated carbocycles. The lowest BCUT2D eigenvalue weighted by Gasteiger charge is -2.14. The van der Waals surface area contributed by atoms with Gasteiger partial charge in [-0.1, -0.05) is 37.6 Å². The average molecular weight is 303 g/mol. The van der Waals surface area contributed by atoms with Gasteiger partial charge in [0.2, 0.25) is 0 Å². The Hall–Kier alpha value is -2.28. The van der Waals surface area contributed by atoms with Crippen LogP contribution in [-0.2, 0) is 12.6 Å². The van der Waals surface area contributed by atoms with Crippen molar-refractivity contribution < 1.29 is 13.2 Å². The van der Waals surface area contributed by atoms with Gasteiger partial charge >= 0.3 is 6.18 Å². The van der Waals surface area contributed by atoms with Gasteiger partial charge in [-0.2, -0.15) is 18.4 Å². The van der Waals surface area contributed by atoms with Crippen molar-refractivity contribution in [3.63, 3.8) is 0 Å². The normalized spacial score (nSPS) is 11.2. The van der Waals surface area contributed by atoms with E-state index in [4.69, 9.17) is 0 Å². The number of alkyl halides is 3. The maximum atomic E-state index is 12.9. The van der Waals surface area contributed by atoms with E-state index in [9.17, 15) is 18.4 Å². The van der Waals surface area contributed by atoms with Crippen LogP contribution in [0.2, 0.25) is 0 Å². The van der Waals surface area contributed by atoms with E-state index >= 15 is 0 Å². The lowest BCUT2D eigenvalue weighted by Crippen LogP contribution is -2.05. The Morgan fingerprint density at radius 3 is 2.41 bits per heavy atom. The van der Waals surface area contributed by atoms with Crippen LogP contribution in [0.25, 0.3) is 11.1 Å². The fourth-order valence-corrected chi connectivity index (χ4v) is 2.41. The lowest BCUT2D eigenvalue weighted by atomic mass is 9.92. The molecule has 0 aliphatic carbocycles. The molecule has 0 heterocycles. The molecule has 2 aromatic carbocycles. The van der Waals surface area contributed by atoms with Gasteiger partial charge in [-0.25, -0.2) is 0 Å². The van der Waals surface area contributed by atoms with Crippen LogP contribution in [0.15, 0.2) is 42.5 Å². The third-order valence-electron chi connectivity index (χ3n) is 3.57. The predicted molar refractivity (Wildman–Crippen MR) is 80.2 cm³/mol. The smallest absolute Gasteiger partial charge is 0.192 e. The number of hydrogen-bond donors (Lipinski definition) is 0. The van der Waals surface area contributed by atoms with E-state index in [1.807, 2.05) is 18.2 Å². The van der Waals surface area contributed by atoms with Crippen molar-refractivity contribution in [1.29, 1.82) is 5.26 Å². The molecule has 1 nitrogen and oxygen atoms in total. The zero-order valence-electron chi connectivity index (χ0n) is 12.2.